The van der Waals surface area contributed by atoms with Gasteiger partial charge in [0.05, 0.1) is 0 Å². The van der Waals surface area contributed by atoms with Gasteiger partial charge < -0.3 is 15.2 Å². The highest BCUT2D eigenvalue weighted by Crippen LogP contribution is 2.09. The van der Waals surface area contributed by atoms with E-state index in [1.807, 2.05) is 13.8 Å². The van der Waals surface area contributed by atoms with Gasteiger partial charge in [-0.15, -0.1) is 0 Å². The maximum absolute atomic E-state index is 11.4. The second kappa shape index (κ2) is 5.72. The standard InChI is InChI=1S/C11H21NO4/c1-7(2)6-8(9(13)14)12-10(15)16-11(3,4)5/h7-8H,6H2,1-5H3,(H,12,15)(H,13,14)/i9+1. The number of hydrogen-bond acceptors (Lipinski definition) is 3. The number of carboxylic acid groups (broad SMARTS) is 1. The van der Waals surface area contributed by atoms with Crippen molar-refractivity contribution in [3.05, 3.63) is 0 Å². The fourth-order valence-corrected chi connectivity index (χ4v) is 1.14. The maximum atomic E-state index is 11.4. The van der Waals surface area contributed by atoms with E-state index in [9.17, 15) is 9.59 Å². The molecule has 1 atom stereocenters. The van der Waals surface area contributed by atoms with Crippen LogP contribution in [-0.2, 0) is 9.53 Å². The van der Waals surface area contributed by atoms with Gasteiger partial charge in [-0.3, -0.25) is 0 Å². The second-order valence-corrected chi connectivity index (χ2v) is 5.17. The van der Waals surface area contributed by atoms with E-state index in [0.717, 1.165) is 0 Å². The molecule has 0 aliphatic rings. The fourth-order valence-electron chi connectivity index (χ4n) is 1.14. The minimum Gasteiger partial charge on any atom is -0.480 e. The molecule has 16 heavy (non-hydrogen) atoms. The molecular formula is C11H21NO4. The molecule has 0 aromatic heterocycles. The summed E-state index contributed by atoms with van der Waals surface area (Å²) in [6.45, 7) is 8.97. The van der Waals surface area contributed by atoms with E-state index in [1.165, 1.54) is 0 Å². The smallest absolute Gasteiger partial charge is 0.408 e. The Hall–Kier alpha value is -1.26. The summed E-state index contributed by atoms with van der Waals surface area (Å²) in [7, 11) is 0. The molecule has 0 bridgehead atoms. The largest absolute Gasteiger partial charge is 0.480 e. The van der Waals surface area contributed by atoms with Crippen LogP contribution in [0.15, 0.2) is 0 Å². The second-order valence-electron chi connectivity index (χ2n) is 5.17. The Bertz CT molecular complexity index is 255. The van der Waals surface area contributed by atoms with Crippen LogP contribution in [-0.4, -0.2) is 28.8 Å². The van der Waals surface area contributed by atoms with Crippen LogP contribution in [0.4, 0.5) is 4.79 Å². The third-order valence-corrected chi connectivity index (χ3v) is 1.70. The molecule has 0 saturated carbocycles. The predicted octanol–water partition coefficient (Wildman–Crippen LogP) is 2.01. The van der Waals surface area contributed by atoms with E-state index in [4.69, 9.17) is 9.84 Å². The highest BCUT2D eigenvalue weighted by Gasteiger charge is 2.24. The topological polar surface area (TPSA) is 75.6 Å². The number of hydrogen-bond donors (Lipinski definition) is 2. The molecule has 0 aliphatic heterocycles. The summed E-state index contributed by atoms with van der Waals surface area (Å²) >= 11 is 0. The Kier molecular flexibility index (Phi) is 5.27. The summed E-state index contributed by atoms with van der Waals surface area (Å²) in [5.74, 6) is -0.851. The number of aliphatic carboxylic acids is 1. The van der Waals surface area contributed by atoms with Gasteiger partial charge in [0.15, 0.2) is 0 Å². The quantitative estimate of drug-likeness (QED) is 0.727. The fraction of sp³-hybridized carbons (Fsp3) is 0.818. The summed E-state index contributed by atoms with van der Waals surface area (Å²) in [5.41, 5.74) is -0.620. The van der Waals surface area contributed by atoms with Crippen molar-refractivity contribution in [1.29, 1.82) is 0 Å². The van der Waals surface area contributed by atoms with Crippen LogP contribution in [0.2, 0.25) is 0 Å². The Labute approximate surface area is 96.2 Å². The molecule has 0 saturated heterocycles. The molecule has 0 aliphatic carbocycles. The van der Waals surface area contributed by atoms with E-state index in [0.29, 0.717) is 6.42 Å². The molecule has 0 aromatic carbocycles. The van der Waals surface area contributed by atoms with E-state index in [1.54, 1.807) is 20.8 Å². The van der Waals surface area contributed by atoms with Crippen molar-refractivity contribution in [2.75, 3.05) is 0 Å². The first-order valence-corrected chi connectivity index (χ1v) is 5.34. The van der Waals surface area contributed by atoms with Crippen molar-refractivity contribution in [3.63, 3.8) is 0 Å². The first-order valence-electron chi connectivity index (χ1n) is 5.34. The summed E-state index contributed by atoms with van der Waals surface area (Å²) in [6, 6.07) is -0.894. The molecule has 0 heterocycles. The van der Waals surface area contributed by atoms with Gasteiger partial charge in [0.1, 0.15) is 11.6 Å². The Balaban J connectivity index is 4.30. The Morgan fingerprint density at radius 2 is 1.81 bits per heavy atom. The zero-order valence-electron chi connectivity index (χ0n) is 10.5. The molecule has 0 spiro atoms. The highest BCUT2D eigenvalue weighted by atomic mass is 16.6. The van der Waals surface area contributed by atoms with Gasteiger partial charge in [0.2, 0.25) is 0 Å². The van der Waals surface area contributed by atoms with E-state index in [2.05, 4.69) is 5.32 Å². The lowest BCUT2D eigenvalue weighted by Gasteiger charge is -2.22. The van der Waals surface area contributed by atoms with Gasteiger partial charge in [0.25, 0.3) is 0 Å². The highest BCUT2D eigenvalue weighted by molar-refractivity contribution is 5.79. The summed E-state index contributed by atoms with van der Waals surface area (Å²) < 4.78 is 4.99. The number of rotatable bonds is 4. The molecule has 1 unspecified atom stereocenters. The normalized spacial score (nSPS) is 13.4. The maximum Gasteiger partial charge on any atom is 0.408 e. The minimum absolute atomic E-state index is 0.191. The molecular weight excluding hydrogens is 211 g/mol. The average molecular weight is 232 g/mol. The van der Waals surface area contributed by atoms with Crippen LogP contribution in [0, 0.1) is 5.92 Å². The monoisotopic (exact) mass is 232 g/mol. The van der Waals surface area contributed by atoms with Gasteiger partial charge in [-0.1, -0.05) is 13.8 Å². The van der Waals surface area contributed by atoms with Crippen LogP contribution in [0.3, 0.4) is 0 Å². The lowest BCUT2D eigenvalue weighted by molar-refractivity contribution is -0.139. The summed E-state index contributed by atoms with van der Waals surface area (Å²) in [4.78, 5) is 22.2. The number of amides is 1. The van der Waals surface area contributed by atoms with Gasteiger partial charge in [-0.05, 0) is 33.1 Å². The Morgan fingerprint density at radius 3 is 2.12 bits per heavy atom. The van der Waals surface area contributed by atoms with Crippen molar-refractivity contribution in [1.82, 2.24) is 5.32 Å². The summed E-state index contributed by atoms with van der Waals surface area (Å²) in [5, 5.41) is 11.2. The van der Waals surface area contributed by atoms with Gasteiger partial charge in [-0.25, -0.2) is 9.59 Å². The molecule has 0 rings (SSSR count). The third-order valence-electron chi connectivity index (χ3n) is 1.70. The average Bonchev–Trinajstić information content (AvgIpc) is 1.97. The zero-order chi connectivity index (χ0) is 12.9. The first-order chi connectivity index (χ1) is 7.11. The van der Waals surface area contributed by atoms with Crippen LogP contribution >= 0.6 is 0 Å². The molecule has 0 radical (unpaired) electrons. The molecule has 0 aromatic rings. The molecule has 2 N–H and O–H groups in total. The molecule has 5 heteroatoms. The third kappa shape index (κ3) is 7.09. The number of carbonyl (C=O) groups is 2. The number of nitrogens with one attached hydrogen (secondary N) is 1. The van der Waals surface area contributed by atoms with E-state index < -0.39 is 23.7 Å². The van der Waals surface area contributed by atoms with E-state index >= 15 is 0 Å². The predicted molar refractivity (Wildman–Crippen MR) is 60.2 cm³/mol. The number of ether oxygens (including phenoxy) is 1. The van der Waals surface area contributed by atoms with Crippen LogP contribution in [0.25, 0.3) is 0 Å². The van der Waals surface area contributed by atoms with Gasteiger partial charge in [-0.2, -0.15) is 0 Å². The summed E-state index contributed by atoms with van der Waals surface area (Å²) in [6.07, 6.45) is -0.310. The molecule has 0 fully saturated rings. The van der Waals surface area contributed by atoms with Gasteiger partial charge >= 0.3 is 12.1 Å². The molecule has 94 valence electrons. The van der Waals surface area contributed by atoms with E-state index in [-0.39, 0.29) is 5.92 Å². The number of alkyl carbamates (subject to hydrolysis) is 1. The number of carboxylic acids is 1. The Morgan fingerprint density at radius 1 is 1.31 bits per heavy atom. The lowest BCUT2D eigenvalue weighted by atomic mass is 10.1. The van der Waals surface area contributed by atoms with Gasteiger partial charge in [0, 0.05) is 0 Å². The lowest BCUT2D eigenvalue weighted by Crippen LogP contribution is -2.44. The van der Waals surface area contributed by atoms with Crippen LogP contribution in [0.5, 0.6) is 0 Å². The first kappa shape index (κ1) is 14.7. The van der Waals surface area contributed by atoms with Crippen molar-refractivity contribution in [2.24, 2.45) is 5.92 Å². The van der Waals surface area contributed by atoms with Crippen molar-refractivity contribution in [2.45, 2.75) is 52.7 Å². The van der Waals surface area contributed by atoms with Crippen molar-refractivity contribution < 1.29 is 19.4 Å². The molecule has 1 amide bonds. The number of carbonyl (C=O) groups excluding carboxylic acids is 1. The minimum atomic E-state index is -1.04. The van der Waals surface area contributed by atoms with Crippen LogP contribution in [0.1, 0.15) is 41.0 Å². The molecule has 5 nitrogen and oxygen atoms in total. The van der Waals surface area contributed by atoms with Crippen LogP contribution < -0.4 is 5.32 Å². The van der Waals surface area contributed by atoms with Crippen molar-refractivity contribution >= 4 is 12.1 Å². The SMILES string of the molecule is CC(C)CC(NC(=O)OC(C)(C)C)[13C](=O)O. The van der Waals surface area contributed by atoms with Crippen molar-refractivity contribution in [3.8, 4) is 0 Å². The zero-order valence-corrected chi connectivity index (χ0v) is 10.5.